The quantitative estimate of drug-likeness (QED) is 0.799. The molecule has 28 heavy (non-hydrogen) atoms. The van der Waals surface area contributed by atoms with Crippen molar-refractivity contribution in [2.45, 2.75) is 17.9 Å². The Morgan fingerprint density at radius 1 is 1.07 bits per heavy atom. The number of piperazine rings is 1. The van der Waals surface area contributed by atoms with Crippen LogP contribution in [0, 0.1) is 5.82 Å². The molecule has 1 fully saturated rings. The Morgan fingerprint density at radius 2 is 1.68 bits per heavy atom. The molecule has 2 aromatic rings. The summed E-state index contributed by atoms with van der Waals surface area (Å²) < 4.78 is 40.6. The number of rotatable bonds is 5. The van der Waals surface area contributed by atoms with E-state index < -0.39 is 21.9 Å². The highest BCUT2D eigenvalue weighted by Crippen LogP contribution is 2.21. The molecule has 2 aromatic carbocycles. The first-order valence-corrected chi connectivity index (χ1v) is 10.7. The van der Waals surface area contributed by atoms with Crippen LogP contribution < -0.4 is 5.32 Å². The molecule has 1 atom stereocenters. The number of nitrogens with zero attached hydrogens (tertiary/aromatic N) is 2. The Hall–Kier alpha value is -2.00. The minimum absolute atomic E-state index is 0.128. The molecule has 1 N–H and O–H groups in total. The van der Waals surface area contributed by atoms with E-state index in [2.05, 4.69) is 5.32 Å². The predicted octanol–water partition coefficient (Wildman–Crippen LogP) is 2.81. The summed E-state index contributed by atoms with van der Waals surface area (Å²) in [5.41, 5.74) is 0.128. The molecule has 0 saturated carbocycles. The van der Waals surface area contributed by atoms with Crippen LogP contribution in [0.2, 0.25) is 5.02 Å². The van der Waals surface area contributed by atoms with Gasteiger partial charge in [-0.05, 0) is 43.3 Å². The molecule has 9 heteroatoms. The lowest BCUT2D eigenvalue weighted by molar-refractivity contribution is -0.121. The lowest BCUT2D eigenvalue weighted by Gasteiger charge is -2.36. The number of para-hydroxylation sites is 1. The van der Waals surface area contributed by atoms with E-state index in [9.17, 15) is 17.6 Å². The third-order valence-corrected chi connectivity index (χ3v) is 6.95. The van der Waals surface area contributed by atoms with Crippen LogP contribution in [0.4, 0.5) is 10.1 Å². The number of carbonyl (C=O) groups excluding carboxylic acids is 1. The van der Waals surface area contributed by atoms with E-state index in [4.69, 9.17) is 11.6 Å². The number of halogens is 2. The predicted molar refractivity (Wildman–Crippen MR) is 106 cm³/mol. The topological polar surface area (TPSA) is 69.7 Å². The molecule has 1 heterocycles. The summed E-state index contributed by atoms with van der Waals surface area (Å²) in [6, 6.07) is 11.5. The molecule has 0 radical (unpaired) electrons. The van der Waals surface area contributed by atoms with Crippen molar-refractivity contribution in [1.29, 1.82) is 0 Å². The summed E-state index contributed by atoms with van der Waals surface area (Å²) in [7, 11) is -3.60. The van der Waals surface area contributed by atoms with Crippen molar-refractivity contribution >= 4 is 33.2 Å². The van der Waals surface area contributed by atoms with Gasteiger partial charge in [0.15, 0.2) is 0 Å². The fourth-order valence-corrected chi connectivity index (χ4v) is 4.60. The molecule has 1 saturated heterocycles. The van der Waals surface area contributed by atoms with Crippen LogP contribution >= 0.6 is 11.6 Å². The Morgan fingerprint density at radius 3 is 2.29 bits per heavy atom. The Labute approximate surface area is 168 Å². The molecule has 0 aliphatic carbocycles. The third kappa shape index (κ3) is 4.52. The maximum absolute atomic E-state index is 13.7. The van der Waals surface area contributed by atoms with E-state index in [0.717, 1.165) is 0 Å². The SMILES string of the molecule is C[C@@H](C(=O)Nc1ccccc1F)N1CCN(S(=O)(=O)c2ccc(Cl)cc2)CC1. The van der Waals surface area contributed by atoms with Crippen molar-refractivity contribution < 1.29 is 17.6 Å². The largest absolute Gasteiger partial charge is 0.322 e. The van der Waals surface area contributed by atoms with E-state index in [0.29, 0.717) is 18.1 Å². The van der Waals surface area contributed by atoms with Gasteiger partial charge >= 0.3 is 0 Å². The zero-order valence-electron chi connectivity index (χ0n) is 15.3. The number of amides is 1. The number of carbonyl (C=O) groups is 1. The highest BCUT2D eigenvalue weighted by Gasteiger charge is 2.31. The fraction of sp³-hybridized carbons (Fsp3) is 0.316. The number of hydrogen-bond acceptors (Lipinski definition) is 4. The number of nitrogens with one attached hydrogen (secondary N) is 1. The summed E-state index contributed by atoms with van der Waals surface area (Å²) in [4.78, 5) is 14.5. The van der Waals surface area contributed by atoms with Gasteiger partial charge in [0.25, 0.3) is 0 Å². The Bertz CT molecular complexity index is 945. The molecule has 3 rings (SSSR count). The van der Waals surface area contributed by atoms with Crippen molar-refractivity contribution in [1.82, 2.24) is 9.21 Å². The van der Waals surface area contributed by atoms with Crippen LogP contribution in [0.15, 0.2) is 53.4 Å². The van der Waals surface area contributed by atoms with Crippen molar-refractivity contribution in [3.63, 3.8) is 0 Å². The first kappa shape index (κ1) is 20.7. The van der Waals surface area contributed by atoms with Gasteiger partial charge in [0, 0.05) is 31.2 Å². The van der Waals surface area contributed by atoms with Gasteiger partial charge in [-0.25, -0.2) is 12.8 Å². The Kier molecular flexibility index (Phi) is 6.34. The molecule has 6 nitrogen and oxygen atoms in total. The van der Waals surface area contributed by atoms with Crippen LogP contribution in [0.1, 0.15) is 6.92 Å². The van der Waals surface area contributed by atoms with Crippen molar-refractivity contribution in [2.75, 3.05) is 31.5 Å². The fourth-order valence-electron chi connectivity index (χ4n) is 3.05. The molecule has 1 aliphatic rings. The molecule has 0 bridgehead atoms. The van der Waals surface area contributed by atoms with E-state index in [1.54, 1.807) is 31.2 Å². The number of sulfonamides is 1. The number of hydrogen-bond donors (Lipinski definition) is 1. The molecule has 0 unspecified atom stereocenters. The number of benzene rings is 2. The lowest BCUT2D eigenvalue weighted by atomic mass is 10.2. The van der Waals surface area contributed by atoms with Crippen molar-refractivity contribution in [3.05, 3.63) is 59.4 Å². The number of anilines is 1. The van der Waals surface area contributed by atoms with Crippen LogP contribution in [-0.2, 0) is 14.8 Å². The smallest absolute Gasteiger partial charge is 0.243 e. The average molecular weight is 426 g/mol. The molecule has 1 aliphatic heterocycles. The molecule has 0 spiro atoms. The first-order chi connectivity index (χ1) is 13.3. The maximum atomic E-state index is 13.7. The van der Waals surface area contributed by atoms with Crippen LogP contribution in [0.5, 0.6) is 0 Å². The first-order valence-electron chi connectivity index (χ1n) is 8.84. The van der Waals surface area contributed by atoms with Gasteiger partial charge in [0.1, 0.15) is 5.82 Å². The highest BCUT2D eigenvalue weighted by molar-refractivity contribution is 7.89. The molecular weight excluding hydrogens is 405 g/mol. The normalized spacial score (nSPS) is 17.2. The van der Waals surface area contributed by atoms with Gasteiger partial charge in [-0.15, -0.1) is 0 Å². The maximum Gasteiger partial charge on any atom is 0.243 e. The lowest BCUT2D eigenvalue weighted by Crippen LogP contribution is -2.53. The monoisotopic (exact) mass is 425 g/mol. The second-order valence-corrected chi connectivity index (χ2v) is 8.91. The molecular formula is C19H21ClFN3O3S. The highest BCUT2D eigenvalue weighted by atomic mass is 35.5. The van der Waals surface area contributed by atoms with Gasteiger partial charge in [0.05, 0.1) is 16.6 Å². The van der Waals surface area contributed by atoms with Gasteiger partial charge in [-0.2, -0.15) is 4.31 Å². The summed E-state index contributed by atoms with van der Waals surface area (Å²) in [6.07, 6.45) is 0. The van der Waals surface area contributed by atoms with Gasteiger partial charge in [-0.3, -0.25) is 9.69 Å². The standard InChI is InChI=1S/C19H21ClFN3O3S/c1-14(19(25)22-18-5-3-2-4-17(18)21)23-10-12-24(13-11-23)28(26,27)16-8-6-15(20)7-9-16/h2-9,14H,10-13H2,1H3,(H,22,25)/t14-/m0/s1. The minimum atomic E-state index is -3.60. The van der Waals surface area contributed by atoms with Gasteiger partial charge < -0.3 is 5.32 Å². The Balaban J connectivity index is 1.60. The zero-order chi connectivity index (χ0) is 20.3. The van der Waals surface area contributed by atoms with Gasteiger partial charge in [0.2, 0.25) is 15.9 Å². The van der Waals surface area contributed by atoms with E-state index >= 15 is 0 Å². The molecule has 0 aromatic heterocycles. The van der Waals surface area contributed by atoms with E-state index in [1.807, 2.05) is 4.90 Å². The van der Waals surface area contributed by atoms with Crippen LogP contribution in [0.3, 0.4) is 0 Å². The average Bonchev–Trinajstić information content (AvgIpc) is 2.69. The van der Waals surface area contributed by atoms with E-state index in [1.165, 1.54) is 28.6 Å². The molecule has 1 amide bonds. The van der Waals surface area contributed by atoms with Crippen molar-refractivity contribution in [2.24, 2.45) is 0 Å². The second-order valence-electron chi connectivity index (χ2n) is 6.54. The van der Waals surface area contributed by atoms with Gasteiger partial charge in [-0.1, -0.05) is 23.7 Å². The molecule has 150 valence electrons. The van der Waals surface area contributed by atoms with Crippen molar-refractivity contribution in [3.8, 4) is 0 Å². The van der Waals surface area contributed by atoms with E-state index in [-0.39, 0.29) is 29.6 Å². The summed E-state index contributed by atoms with van der Waals surface area (Å²) in [6.45, 7) is 3.06. The summed E-state index contributed by atoms with van der Waals surface area (Å²) in [5.74, 6) is -0.832. The van der Waals surface area contributed by atoms with Crippen LogP contribution in [-0.4, -0.2) is 55.8 Å². The third-order valence-electron chi connectivity index (χ3n) is 4.78. The summed E-state index contributed by atoms with van der Waals surface area (Å²) >= 11 is 5.82. The summed E-state index contributed by atoms with van der Waals surface area (Å²) in [5, 5.41) is 3.05. The zero-order valence-corrected chi connectivity index (χ0v) is 16.9. The van der Waals surface area contributed by atoms with Crippen LogP contribution in [0.25, 0.3) is 0 Å². The second kappa shape index (κ2) is 8.57. The minimum Gasteiger partial charge on any atom is -0.322 e.